The summed E-state index contributed by atoms with van der Waals surface area (Å²) in [5.74, 6) is 0.542. The first-order valence-corrected chi connectivity index (χ1v) is 2.96. The Morgan fingerprint density at radius 2 is 2.33 bits per heavy atom. The van der Waals surface area contributed by atoms with Crippen molar-refractivity contribution in [3.63, 3.8) is 0 Å². The Morgan fingerprint density at radius 3 is 2.89 bits per heavy atom. The van der Waals surface area contributed by atoms with Crippen molar-refractivity contribution in [2.45, 2.75) is 13.8 Å². The molecule has 0 unspecified atom stereocenters. The van der Waals surface area contributed by atoms with E-state index in [0.29, 0.717) is 16.5 Å². The van der Waals surface area contributed by atoms with Crippen LogP contribution in [-0.4, -0.2) is 9.97 Å². The van der Waals surface area contributed by atoms with Crippen molar-refractivity contribution < 1.29 is 1.37 Å². The molecule has 3 heteroatoms. The van der Waals surface area contributed by atoms with Crippen molar-refractivity contribution >= 4 is 11.6 Å². The first-order chi connectivity index (χ1) is 4.61. The van der Waals surface area contributed by atoms with Crippen LogP contribution in [0.2, 0.25) is 5.15 Å². The average Bonchev–Trinajstić information content (AvgIpc) is 1.82. The van der Waals surface area contributed by atoms with Gasteiger partial charge in [-0.3, -0.25) is 0 Å². The first kappa shape index (κ1) is 5.18. The predicted octanol–water partition coefficient (Wildman–Crippen LogP) is 1.75. The molecule has 0 aliphatic rings. The molecule has 0 amide bonds. The van der Waals surface area contributed by atoms with Crippen LogP contribution in [0.4, 0.5) is 0 Å². The second kappa shape index (κ2) is 2.31. The molecule has 0 bridgehead atoms. The Labute approximate surface area is 60.3 Å². The van der Waals surface area contributed by atoms with E-state index in [-0.39, 0.29) is 6.17 Å². The van der Waals surface area contributed by atoms with E-state index in [4.69, 9.17) is 13.0 Å². The molecule has 0 saturated carbocycles. The van der Waals surface area contributed by atoms with E-state index < -0.39 is 0 Å². The van der Waals surface area contributed by atoms with Gasteiger partial charge >= 0.3 is 0 Å². The van der Waals surface area contributed by atoms with Gasteiger partial charge in [-0.1, -0.05) is 11.6 Å². The molecule has 1 rings (SSSR count). The van der Waals surface area contributed by atoms with Gasteiger partial charge in [0.1, 0.15) is 11.0 Å². The van der Waals surface area contributed by atoms with Crippen molar-refractivity contribution in [3.05, 3.63) is 22.7 Å². The third-order valence-electron chi connectivity index (χ3n) is 0.955. The summed E-state index contributed by atoms with van der Waals surface area (Å²) >= 11 is 5.65. The second-order valence-corrected chi connectivity index (χ2v) is 2.16. The first-order valence-electron chi connectivity index (χ1n) is 3.08. The second-order valence-electron chi connectivity index (χ2n) is 1.80. The Hall–Kier alpha value is -0.630. The molecule has 0 saturated heterocycles. The minimum absolute atomic E-state index is 0.206. The highest BCUT2D eigenvalue weighted by Gasteiger charge is 1.94. The van der Waals surface area contributed by atoms with Crippen LogP contribution in [0.15, 0.2) is 6.17 Å². The third-order valence-corrected chi connectivity index (χ3v) is 1.32. The summed E-state index contributed by atoms with van der Waals surface area (Å²) in [7, 11) is 0. The highest BCUT2D eigenvalue weighted by atomic mass is 35.5. The van der Waals surface area contributed by atoms with E-state index in [9.17, 15) is 0 Å². The zero-order valence-electron chi connectivity index (χ0n) is 6.27. The van der Waals surface area contributed by atoms with Gasteiger partial charge in [-0.25, -0.2) is 9.97 Å². The van der Waals surface area contributed by atoms with E-state index in [1.54, 1.807) is 13.8 Å². The fraction of sp³-hybridized carbons (Fsp3) is 0.333. The third kappa shape index (κ3) is 1.39. The minimum Gasteiger partial charge on any atom is -0.241 e. The van der Waals surface area contributed by atoms with Crippen molar-refractivity contribution in [1.29, 1.82) is 0 Å². The predicted molar refractivity (Wildman–Crippen MR) is 36.5 cm³/mol. The fourth-order valence-electron chi connectivity index (χ4n) is 0.462. The van der Waals surface area contributed by atoms with E-state index in [0.717, 1.165) is 0 Å². The van der Waals surface area contributed by atoms with Crippen molar-refractivity contribution in [3.8, 4) is 0 Å². The molecule has 1 aromatic heterocycles. The lowest BCUT2D eigenvalue weighted by atomic mass is 10.4. The van der Waals surface area contributed by atoms with Gasteiger partial charge in [0, 0.05) is 11.7 Å². The van der Waals surface area contributed by atoms with Gasteiger partial charge in [0.2, 0.25) is 0 Å². The molecule has 0 radical (unpaired) electrons. The van der Waals surface area contributed by atoms with Crippen LogP contribution in [0, 0.1) is 13.8 Å². The maximum Gasteiger partial charge on any atom is 0.135 e. The summed E-state index contributed by atoms with van der Waals surface area (Å²) in [4.78, 5) is 7.67. The number of aromatic nitrogens is 2. The van der Waals surface area contributed by atoms with Crippen LogP contribution in [0.25, 0.3) is 0 Å². The topological polar surface area (TPSA) is 25.8 Å². The summed E-state index contributed by atoms with van der Waals surface area (Å²) in [5.41, 5.74) is 0.632. The van der Waals surface area contributed by atoms with Gasteiger partial charge in [-0.2, -0.15) is 0 Å². The van der Waals surface area contributed by atoms with Gasteiger partial charge in [-0.05, 0) is 13.8 Å². The van der Waals surface area contributed by atoms with Crippen LogP contribution >= 0.6 is 11.6 Å². The Morgan fingerprint density at radius 1 is 1.67 bits per heavy atom. The van der Waals surface area contributed by atoms with Crippen molar-refractivity contribution in [2.24, 2.45) is 0 Å². The number of hydrogen-bond donors (Lipinski definition) is 0. The van der Waals surface area contributed by atoms with Crippen LogP contribution in [0.1, 0.15) is 12.8 Å². The summed E-state index contributed by atoms with van der Waals surface area (Å²) < 4.78 is 7.27. The van der Waals surface area contributed by atoms with Gasteiger partial charge in [0.15, 0.2) is 0 Å². The molecule has 0 spiro atoms. The maximum absolute atomic E-state index is 7.27. The molecule has 1 heterocycles. The van der Waals surface area contributed by atoms with Crippen molar-refractivity contribution in [1.82, 2.24) is 9.97 Å². The SMILES string of the molecule is [2H]c1nc(C)nc(Cl)c1C. The number of hydrogen-bond acceptors (Lipinski definition) is 2. The monoisotopic (exact) mass is 143 g/mol. The average molecular weight is 144 g/mol. The van der Waals surface area contributed by atoms with E-state index in [1.807, 2.05) is 0 Å². The standard InChI is InChI=1S/C6H7ClN2/c1-4-3-8-5(2)9-6(4)7/h3H,1-2H3/i3D. The molecule has 0 aromatic carbocycles. The van der Waals surface area contributed by atoms with E-state index in [1.165, 1.54) is 0 Å². The molecule has 0 fully saturated rings. The molecule has 0 aliphatic heterocycles. The summed E-state index contributed by atoms with van der Waals surface area (Å²) in [6, 6.07) is 0. The lowest BCUT2D eigenvalue weighted by molar-refractivity contribution is 1.03. The molecular weight excluding hydrogens is 136 g/mol. The molecule has 0 N–H and O–H groups in total. The maximum atomic E-state index is 7.27. The number of aryl methyl sites for hydroxylation is 1. The van der Waals surface area contributed by atoms with Crippen LogP contribution in [-0.2, 0) is 0 Å². The fourth-order valence-corrected chi connectivity index (χ4v) is 0.626. The van der Waals surface area contributed by atoms with Crippen molar-refractivity contribution in [2.75, 3.05) is 0 Å². The molecule has 0 aliphatic carbocycles. The molecule has 2 nitrogen and oxygen atoms in total. The van der Waals surface area contributed by atoms with Gasteiger partial charge in [0.25, 0.3) is 0 Å². The Kier molecular flexibility index (Phi) is 1.33. The molecule has 0 atom stereocenters. The lowest BCUT2D eigenvalue weighted by Gasteiger charge is -1.94. The lowest BCUT2D eigenvalue weighted by Crippen LogP contribution is -1.88. The van der Waals surface area contributed by atoms with Gasteiger partial charge in [0.05, 0.1) is 1.37 Å². The van der Waals surface area contributed by atoms with Crippen LogP contribution in [0.5, 0.6) is 0 Å². The molecular formula is C6H7ClN2. The summed E-state index contributed by atoms with van der Waals surface area (Å²) in [6.45, 7) is 3.44. The zero-order chi connectivity index (χ0) is 7.72. The quantitative estimate of drug-likeness (QED) is 0.517. The highest BCUT2D eigenvalue weighted by molar-refractivity contribution is 6.30. The van der Waals surface area contributed by atoms with Gasteiger partial charge in [-0.15, -0.1) is 0 Å². The summed E-state index contributed by atoms with van der Waals surface area (Å²) in [5, 5.41) is 0.373. The largest absolute Gasteiger partial charge is 0.241 e. The molecule has 1 aromatic rings. The molecule has 9 heavy (non-hydrogen) atoms. The normalized spacial score (nSPS) is 11.2. The Balaban J connectivity index is 3.31. The minimum atomic E-state index is 0.206. The number of nitrogens with zero attached hydrogens (tertiary/aromatic N) is 2. The smallest absolute Gasteiger partial charge is 0.135 e. The number of halogens is 1. The van der Waals surface area contributed by atoms with Crippen LogP contribution < -0.4 is 0 Å². The molecule has 48 valence electrons. The number of rotatable bonds is 0. The summed E-state index contributed by atoms with van der Waals surface area (Å²) in [6.07, 6.45) is 0.206. The van der Waals surface area contributed by atoms with E-state index >= 15 is 0 Å². The van der Waals surface area contributed by atoms with Gasteiger partial charge < -0.3 is 0 Å². The highest BCUT2D eigenvalue weighted by Crippen LogP contribution is 2.08. The van der Waals surface area contributed by atoms with E-state index in [2.05, 4.69) is 9.97 Å². The van der Waals surface area contributed by atoms with Crippen LogP contribution in [0.3, 0.4) is 0 Å². The zero-order valence-corrected chi connectivity index (χ0v) is 6.03. The Bertz CT molecular complexity index is 239.